The largest absolute Gasteiger partial charge is 0.497 e. The Hall–Kier alpha value is -1.14. The maximum atomic E-state index is 12.9. The van der Waals surface area contributed by atoms with E-state index in [1.54, 1.807) is 11.9 Å². The summed E-state index contributed by atoms with van der Waals surface area (Å²) >= 11 is 12.3. The van der Waals surface area contributed by atoms with Crippen LogP contribution in [0.25, 0.3) is 0 Å². The number of benzene rings is 1. The van der Waals surface area contributed by atoms with Crippen LogP contribution in [0.1, 0.15) is 38.5 Å². The number of ether oxygens (including phenoxy) is 3. The summed E-state index contributed by atoms with van der Waals surface area (Å²) in [5, 5.41) is -0.0562. The van der Waals surface area contributed by atoms with Gasteiger partial charge in [-0.2, -0.15) is 4.31 Å². The van der Waals surface area contributed by atoms with E-state index in [-0.39, 0.29) is 52.8 Å². The molecular weight excluding hydrogens is 541 g/mol. The van der Waals surface area contributed by atoms with Crippen molar-refractivity contribution in [1.82, 2.24) is 14.1 Å². The van der Waals surface area contributed by atoms with Crippen molar-refractivity contribution in [3.05, 3.63) is 22.2 Å². The van der Waals surface area contributed by atoms with Gasteiger partial charge in [0.25, 0.3) is 0 Å². The summed E-state index contributed by atoms with van der Waals surface area (Å²) in [5.41, 5.74) is 0. The number of hydrogen-bond donors (Lipinski definition) is 0. The number of methoxy groups -OCH3 is 1. The molecule has 2 aliphatic carbocycles. The predicted molar refractivity (Wildman–Crippen MR) is 144 cm³/mol. The first-order valence-corrected chi connectivity index (χ1v) is 14.9. The van der Waals surface area contributed by atoms with E-state index >= 15 is 0 Å². The van der Waals surface area contributed by atoms with Crippen LogP contribution in [-0.2, 0) is 24.3 Å². The van der Waals surface area contributed by atoms with Gasteiger partial charge in [0.1, 0.15) is 17.3 Å². The van der Waals surface area contributed by atoms with Crippen LogP contribution in [-0.4, -0.2) is 108 Å². The Morgan fingerprint density at radius 2 is 1.54 bits per heavy atom. The minimum Gasteiger partial charge on any atom is -0.497 e. The van der Waals surface area contributed by atoms with E-state index < -0.39 is 10.0 Å². The van der Waals surface area contributed by atoms with E-state index in [0.717, 1.165) is 49.2 Å². The van der Waals surface area contributed by atoms with Gasteiger partial charge in [0, 0.05) is 51.4 Å². The predicted octanol–water partition coefficient (Wildman–Crippen LogP) is 3.52. The molecular formula is C25H39Cl2N3O6S. The molecule has 210 valence electrons. The number of rotatable bonds is 14. The van der Waals surface area contributed by atoms with E-state index in [9.17, 15) is 13.2 Å². The molecule has 0 radical (unpaired) electrons. The van der Waals surface area contributed by atoms with Crippen molar-refractivity contribution >= 4 is 39.1 Å². The van der Waals surface area contributed by atoms with Crippen LogP contribution >= 0.6 is 23.2 Å². The highest BCUT2D eigenvalue weighted by molar-refractivity contribution is 7.89. The van der Waals surface area contributed by atoms with Gasteiger partial charge in [0.05, 0.1) is 36.5 Å². The van der Waals surface area contributed by atoms with Gasteiger partial charge in [0.15, 0.2) is 0 Å². The minimum atomic E-state index is -3.95. The number of hydrogen-bond acceptors (Lipinski definition) is 7. The van der Waals surface area contributed by atoms with Crippen LogP contribution in [0.15, 0.2) is 17.0 Å². The summed E-state index contributed by atoms with van der Waals surface area (Å²) in [6.45, 7) is 1.70. The maximum Gasteiger partial charge on any atom is 0.248 e. The lowest BCUT2D eigenvalue weighted by molar-refractivity contribution is -0.138. The topological polar surface area (TPSA) is 88.6 Å². The number of sulfonamides is 1. The first-order valence-electron chi connectivity index (χ1n) is 12.7. The van der Waals surface area contributed by atoms with E-state index in [4.69, 9.17) is 37.4 Å². The SMILES string of the molecule is COc1cc(Cl)c(S(=O)(=O)N(C)CCOCC(=O)N(C)[C@H]2CC[C@@H](OCCN(C)C3CC3)CC2)c(Cl)c1. The summed E-state index contributed by atoms with van der Waals surface area (Å²) in [6.07, 6.45) is 6.54. The molecule has 3 rings (SSSR count). The van der Waals surface area contributed by atoms with Gasteiger partial charge in [-0.3, -0.25) is 4.79 Å². The van der Waals surface area contributed by atoms with E-state index in [1.165, 1.54) is 39.1 Å². The average Bonchev–Trinajstić information content (AvgIpc) is 3.71. The molecule has 12 heteroatoms. The molecule has 0 saturated heterocycles. The highest BCUT2D eigenvalue weighted by Crippen LogP contribution is 2.35. The highest BCUT2D eigenvalue weighted by Gasteiger charge is 2.29. The zero-order valence-corrected chi connectivity index (χ0v) is 24.4. The number of carbonyl (C=O) groups excluding carboxylic acids is 1. The third-order valence-electron chi connectivity index (χ3n) is 7.20. The van der Waals surface area contributed by atoms with Crippen molar-refractivity contribution in [1.29, 1.82) is 0 Å². The van der Waals surface area contributed by atoms with Gasteiger partial charge in [-0.1, -0.05) is 23.2 Å². The Morgan fingerprint density at radius 1 is 0.946 bits per heavy atom. The van der Waals surface area contributed by atoms with Crippen LogP contribution in [0.4, 0.5) is 0 Å². The maximum absolute atomic E-state index is 12.9. The van der Waals surface area contributed by atoms with Crippen molar-refractivity contribution in [2.45, 2.75) is 61.6 Å². The molecule has 2 saturated carbocycles. The van der Waals surface area contributed by atoms with Gasteiger partial charge in [-0.05, 0) is 45.6 Å². The summed E-state index contributed by atoms with van der Waals surface area (Å²) in [5.74, 6) is 0.238. The second-order valence-electron chi connectivity index (χ2n) is 9.82. The smallest absolute Gasteiger partial charge is 0.248 e. The molecule has 2 aliphatic rings. The molecule has 0 aromatic heterocycles. The molecule has 0 spiro atoms. The fraction of sp³-hybridized carbons (Fsp3) is 0.720. The molecule has 1 amide bonds. The molecule has 1 aromatic rings. The quantitative estimate of drug-likeness (QED) is 0.311. The van der Waals surface area contributed by atoms with Crippen LogP contribution in [0.2, 0.25) is 10.0 Å². The summed E-state index contributed by atoms with van der Waals surface area (Å²) in [6, 6.07) is 3.70. The normalized spacial score (nSPS) is 20.4. The van der Waals surface area contributed by atoms with Gasteiger partial charge in [-0.15, -0.1) is 0 Å². The van der Waals surface area contributed by atoms with Crippen molar-refractivity contribution in [3.63, 3.8) is 0 Å². The summed E-state index contributed by atoms with van der Waals surface area (Å²) < 4.78 is 43.6. The summed E-state index contributed by atoms with van der Waals surface area (Å²) in [7, 11) is 2.85. The number of nitrogens with zero attached hydrogens (tertiary/aromatic N) is 3. The van der Waals surface area contributed by atoms with Crippen LogP contribution < -0.4 is 4.74 Å². The lowest BCUT2D eigenvalue weighted by Crippen LogP contribution is -2.42. The third-order valence-corrected chi connectivity index (χ3v) is 9.98. The Kier molecular flexibility index (Phi) is 11.3. The molecule has 37 heavy (non-hydrogen) atoms. The van der Waals surface area contributed by atoms with Gasteiger partial charge >= 0.3 is 0 Å². The molecule has 0 aliphatic heterocycles. The molecule has 0 atom stereocenters. The first-order chi connectivity index (χ1) is 17.5. The molecule has 0 unspecified atom stereocenters. The number of halogens is 2. The van der Waals surface area contributed by atoms with Crippen molar-refractivity contribution in [2.24, 2.45) is 0 Å². The molecule has 1 aromatic carbocycles. The Balaban J connectivity index is 1.36. The van der Waals surface area contributed by atoms with Gasteiger partial charge in [0.2, 0.25) is 15.9 Å². The van der Waals surface area contributed by atoms with E-state index in [1.807, 2.05) is 0 Å². The Morgan fingerprint density at radius 3 is 2.11 bits per heavy atom. The number of likely N-dealkylation sites (N-methyl/N-ethyl adjacent to an activating group) is 3. The third kappa shape index (κ3) is 8.42. The van der Waals surface area contributed by atoms with E-state index in [0.29, 0.717) is 5.75 Å². The zero-order chi connectivity index (χ0) is 27.2. The molecule has 9 nitrogen and oxygen atoms in total. The lowest BCUT2D eigenvalue weighted by atomic mass is 9.92. The van der Waals surface area contributed by atoms with Crippen LogP contribution in [0, 0.1) is 0 Å². The second-order valence-corrected chi connectivity index (χ2v) is 12.6. The number of amides is 1. The standard InChI is InChI=1S/C25H39Cl2N3O6S/c1-28(18-5-6-18)11-14-36-20-9-7-19(8-10-20)30(3)24(31)17-35-13-12-29(2)37(32,33)25-22(26)15-21(34-4)16-23(25)27/h15-16,18-20H,5-14,17H2,1-4H3/t19-,20+. The molecule has 2 fully saturated rings. The second kappa shape index (κ2) is 13.8. The van der Waals surface area contributed by atoms with Crippen molar-refractivity contribution < 1.29 is 27.4 Å². The molecule has 0 bridgehead atoms. The Labute approximate surface area is 231 Å². The van der Waals surface area contributed by atoms with Crippen LogP contribution in [0.3, 0.4) is 0 Å². The fourth-order valence-corrected chi connectivity index (χ4v) is 6.78. The van der Waals surface area contributed by atoms with Crippen molar-refractivity contribution in [3.8, 4) is 5.75 Å². The fourth-order valence-electron chi connectivity index (χ4n) is 4.50. The van der Waals surface area contributed by atoms with Crippen molar-refractivity contribution in [2.75, 3.05) is 61.2 Å². The monoisotopic (exact) mass is 579 g/mol. The minimum absolute atomic E-state index is 0.0281. The van der Waals surface area contributed by atoms with E-state index in [2.05, 4.69) is 11.9 Å². The molecule has 0 heterocycles. The lowest BCUT2D eigenvalue weighted by Gasteiger charge is -2.34. The summed E-state index contributed by atoms with van der Waals surface area (Å²) in [4.78, 5) is 16.6. The molecule has 0 N–H and O–H groups in total. The van der Waals surface area contributed by atoms with Gasteiger partial charge < -0.3 is 24.0 Å². The first kappa shape index (κ1) is 30.4. The average molecular weight is 581 g/mol. The van der Waals surface area contributed by atoms with Gasteiger partial charge in [-0.25, -0.2) is 8.42 Å². The zero-order valence-electron chi connectivity index (χ0n) is 22.1. The van der Waals surface area contributed by atoms with Crippen LogP contribution in [0.5, 0.6) is 5.75 Å². The Bertz CT molecular complexity index is 993. The number of carbonyl (C=O) groups is 1. The highest BCUT2D eigenvalue weighted by atomic mass is 35.5.